The van der Waals surface area contributed by atoms with Crippen LogP contribution in [0.25, 0.3) is 0 Å². The summed E-state index contributed by atoms with van der Waals surface area (Å²) in [5.41, 5.74) is 1.53. The zero-order valence-electron chi connectivity index (χ0n) is 11.6. The SMILES string of the molecule is Clc1cc(C2CCCNC2)cc2c1OCC1(CC1)CO2. The van der Waals surface area contributed by atoms with Crippen LogP contribution in [0.4, 0.5) is 0 Å². The van der Waals surface area contributed by atoms with Crippen LogP contribution in [0.1, 0.15) is 37.2 Å². The Morgan fingerprint density at radius 3 is 2.80 bits per heavy atom. The van der Waals surface area contributed by atoms with Gasteiger partial charge in [0.05, 0.1) is 18.2 Å². The molecule has 4 heteroatoms. The molecule has 1 aromatic rings. The van der Waals surface area contributed by atoms with Crippen LogP contribution in [-0.2, 0) is 0 Å². The molecule has 2 aliphatic heterocycles. The third kappa shape index (κ3) is 2.27. The number of piperidine rings is 1. The van der Waals surface area contributed by atoms with Crippen LogP contribution in [0.2, 0.25) is 5.02 Å². The van der Waals surface area contributed by atoms with Crippen molar-refractivity contribution in [1.29, 1.82) is 0 Å². The van der Waals surface area contributed by atoms with Gasteiger partial charge >= 0.3 is 0 Å². The maximum atomic E-state index is 6.43. The number of nitrogens with one attached hydrogen (secondary N) is 1. The van der Waals surface area contributed by atoms with Gasteiger partial charge in [-0.1, -0.05) is 11.6 Å². The molecular formula is C16H20ClNO2. The Morgan fingerprint density at radius 2 is 2.05 bits per heavy atom. The molecule has 0 aromatic heterocycles. The number of ether oxygens (including phenoxy) is 2. The molecule has 3 nitrogen and oxygen atoms in total. The molecule has 20 heavy (non-hydrogen) atoms. The Kier molecular flexibility index (Phi) is 3.08. The molecule has 1 unspecified atom stereocenters. The highest BCUT2D eigenvalue weighted by atomic mass is 35.5. The second kappa shape index (κ2) is 4.81. The highest BCUT2D eigenvalue weighted by Gasteiger charge is 2.46. The van der Waals surface area contributed by atoms with Crippen molar-refractivity contribution < 1.29 is 9.47 Å². The predicted molar refractivity (Wildman–Crippen MR) is 79.0 cm³/mol. The average molecular weight is 294 g/mol. The summed E-state index contributed by atoms with van der Waals surface area (Å²) >= 11 is 6.43. The molecule has 1 N–H and O–H groups in total. The summed E-state index contributed by atoms with van der Waals surface area (Å²) < 4.78 is 11.9. The number of benzene rings is 1. The Bertz CT molecular complexity index is 521. The first-order chi connectivity index (χ1) is 9.76. The third-order valence-corrected chi connectivity index (χ3v) is 5.09. The van der Waals surface area contributed by atoms with Crippen LogP contribution in [0, 0.1) is 5.41 Å². The average Bonchev–Trinajstić information content (AvgIpc) is 3.27. The highest BCUT2D eigenvalue weighted by molar-refractivity contribution is 6.32. The maximum absolute atomic E-state index is 6.43. The molecule has 0 radical (unpaired) electrons. The first kappa shape index (κ1) is 12.8. The minimum Gasteiger partial charge on any atom is -0.489 e. The monoisotopic (exact) mass is 293 g/mol. The molecule has 1 saturated heterocycles. The normalized spacial score (nSPS) is 27.1. The van der Waals surface area contributed by atoms with Gasteiger partial charge in [0.2, 0.25) is 0 Å². The van der Waals surface area contributed by atoms with Gasteiger partial charge in [-0.05, 0) is 55.8 Å². The topological polar surface area (TPSA) is 30.5 Å². The molecule has 1 aliphatic carbocycles. The first-order valence-electron chi connectivity index (χ1n) is 7.56. The molecule has 0 bridgehead atoms. The number of hydrogen-bond acceptors (Lipinski definition) is 3. The zero-order valence-corrected chi connectivity index (χ0v) is 12.3. The minimum atomic E-state index is 0.259. The van der Waals surface area contributed by atoms with Gasteiger partial charge in [-0.25, -0.2) is 0 Å². The van der Waals surface area contributed by atoms with Crippen LogP contribution in [0.5, 0.6) is 11.5 Å². The van der Waals surface area contributed by atoms with E-state index < -0.39 is 0 Å². The molecule has 2 heterocycles. The van der Waals surface area contributed by atoms with Gasteiger partial charge in [0.25, 0.3) is 0 Å². The predicted octanol–water partition coefficient (Wildman–Crippen LogP) is 3.36. The van der Waals surface area contributed by atoms with Gasteiger partial charge in [-0.2, -0.15) is 0 Å². The van der Waals surface area contributed by atoms with Crippen molar-refractivity contribution in [3.05, 3.63) is 22.7 Å². The Labute approximate surface area is 124 Å². The zero-order chi connectivity index (χ0) is 13.6. The number of rotatable bonds is 1. The van der Waals surface area contributed by atoms with Crippen LogP contribution in [0.15, 0.2) is 12.1 Å². The molecule has 4 rings (SSSR count). The summed E-state index contributed by atoms with van der Waals surface area (Å²) in [6.45, 7) is 3.66. The minimum absolute atomic E-state index is 0.259. The second-order valence-electron chi connectivity index (χ2n) is 6.45. The van der Waals surface area contributed by atoms with Crippen molar-refractivity contribution in [2.45, 2.75) is 31.6 Å². The largest absolute Gasteiger partial charge is 0.489 e. The lowest BCUT2D eigenvalue weighted by Gasteiger charge is -2.24. The first-order valence-corrected chi connectivity index (χ1v) is 7.93. The summed E-state index contributed by atoms with van der Waals surface area (Å²) in [6, 6.07) is 4.20. The van der Waals surface area contributed by atoms with E-state index in [1.54, 1.807) is 0 Å². The van der Waals surface area contributed by atoms with Gasteiger partial charge in [0.15, 0.2) is 11.5 Å². The Balaban J connectivity index is 1.64. The van der Waals surface area contributed by atoms with Gasteiger partial charge in [0, 0.05) is 12.0 Å². The van der Waals surface area contributed by atoms with E-state index in [9.17, 15) is 0 Å². The fourth-order valence-corrected chi connectivity index (χ4v) is 3.44. The van der Waals surface area contributed by atoms with Gasteiger partial charge in [-0.3, -0.25) is 0 Å². The molecule has 3 aliphatic rings. The number of hydrogen-bond donors (Lipinski definition) is 1. The fourth-order valence-electron chi connectivity index (χ4n) is 3.17. The fraction of sp³-hybridized carbons (Fsp3) is 0.625. The van der Waals surface area contributed by atoms with E-state index in [0.29, 0.717) is 10.9 Å². The smallest absolute Gasteiger partial charge is 0.179 e. The Morgan fingerprint density at radius 1 is 1.20 bits per heavy atom. The summed E-state index contributed by atoms with van der Waals surface area (Å²) in [5.74, 6) is 2.11. The summed E-state index contributed by atoms with van der Waals surface area (Å²) in [5, 5.41) is 4.15. The lowest BCUT2D eigenvalue weighted by molar-refractivity contribution is 0.197. The van der Waals surface area contributed by atoms with E-state index in [1.165, 1.54) is 31.2 Å². The maximum Gasteiger partial charge on any atom is 0.179 e. The lowest BCUT2D eigenvalue weighted by Crippen LogP contribution is -2.28. The van der Waals surface area contributed by atoms with Crippen molar-refractivity contribution in [2.75, 3.05) is 26.3 Å². The number of fused-ring (bicyclic) bond motifs is 1. The molecule has 108 valence electrons. The third-order valence-electron chi connectivity index (χ3n) is 4.81. The number of halogens is 1. The van der Waals surface area contributed by atoms with Gasteiger partial charge in [-0.15, -0.1) is 0 Å². The standard InChI is InChI=1S/C16H20ClNO2/c17-13-6-12(11-2-1-5-18-8-11)7-14-15(13)20-10-16(3-4-16)9-19-14/h6-7,11,18H,1-5,8-10H2. The molecule has 1 spiro atoms. The van der Waals surface area contributed by atoms with Crippen molar-refractivity contribution in [2.24, 2.45) is 5.41 Å². The molecular weight excluding hydrogens is 274 g/mol. The molecule has 0 amide bonds. The van der Waals surface area contributed by atoms with E-state index in [4.69, 9.17) is 21.1 Å². The van der Waals surface area contributed by atoms with E-state index >= 15 is 0 Å². The van der Waals surface area contributed by atoms with Crippen molar-refractivity contribution in [3.8, 4) is 11.5 Å². The molecule has 1 saturated carbocycles. The van der Waals surface area contributed by atoms with Crippen LogP contribution < -0.4 is 14.8 Å². The molecule has 1 aromatic carbocycles. The van der Waals surface area contributed by atoms with Gasteiger partial charge in [0.1, 0.15) is 0 Å². The van der Waals surface area contributed by atoms with E-state index in [1.807, 2.05) is 0 Å². The van der Waals surface area contributed by atoms with Crippen molar-refractivity contribution in [1.82, 2.24) is 5.32 Å². The quantitative estimate of drug-likeness (QED) is 0.861. The van der Waals surface area contributed by atoms with Gasteiger partial charge < -0.3 is 14.8 Å². The van der Waals surface area contributed by atoms with E-state index in [0.717, 1.165) is 37.8 Å². The molecule has 1 atom stereocenters. The second-order valence-corrected chi connectivity index (χ2v) is 6.86. The van der Waals surface area contributed by atoms with E-state index in [2.05, 4.69) is 17.4 Å². The summed E-state index contributed by atoms with van der Waals surface area (Å²) in [7, 11) is 0. The van der Waals surface area contributed by atoms with Crippen molar-refractivity contribution >= 4 is 11.6 Å². The highest BCUT2D eigenvalue weighted by Crippen LogP contribution is 2.50. The van der Waals surface area contributed by atoms with Crippen LogP contribution in [-0.4, -0.2) is 26.3 Å². The Hall–Kier alpha value is -0.930. The van der Waals surface area contributed by atoms with Crippen LogP contribution in [0.3, 0.4) is 0 Å². The lowest BCUT2D eigenvalue weighted by atomic mass is 9.91. The molecule has 2 fully saturated rings. The van der Waals surface area contributed by atoms with Crippen LogP contribution >= 0.6 is 11.6 Å². The van der Waals surface area contributed by atoms with Crippen molar-refractivity contribution in [3.63, 3.8) is 0 Å². The summed E-state index contributed by atoms with van der Waals surface area (Å²) in [6.07, 6.45) is 4.85. The summed E-state index contributed by atoms with van der Waals surface area (Å²) in [4.78, 5) is 0. The van der Waals surface area contributed by atoms with E-state index in [-0.39, 0.29) is 5.41 Å².